The Bertz CT molecular complexity index is 1140. The molecule has 0 aliphatic rings. The smallest absolute Gasteiger partial charge is 0.257 e. The summed E-state index contributed by atoms with van der Waals surface area (Å²) in [5.41, 5.74) is 1.48. The lowest BCUT2D eigenvalue weighted by Gasteiger charge is -2.04. The second kappa shape index (κ2) is 5.66. The minimum atomic E-state index is -0.210. The molecule has 4 rings (SSSR count). The number of phenolic OH excluding ortho intramolecular Hbond substituents is 1. The van der Waals surface area contributed by atoms with Crippen LogP contribution in [0.2, 0.25) is 0 Å². The number of benzene rings is 3. The van der Waals surface area contributed by atoms with Crippen molar-refractivity contribution in [2.45, 2.75) is 0 Å². The molecule has 0 radical (unpaired) electrons. The minimum Gasteiger partial charge on any atom is -0.506 e. The van der Waals surface area contributed by atoms with E-state index in [1.807, 2.05) is 42.5 Å². The molecule has 4 nitrogen and oxygen atoms in total. The van der Waals surface area contributed by atoms with Gasteiger partial charge in [0.05, 0.1) is 11.1 Å². The molecule has 0 spiro atoms. The second-order valence-corrected chi connectivity index (χ2v) is 5.55. The van der Waals surface area contributed by atoms with Crippen molar-refractivity contribution < 1.29 is 5.11 Å². The molecule has 0 bridgehead atoms. The van der Waals surface area contributed by atoms with E-state index in [-0.39, 0.29) is 11.3 Å². The van der Waals surface area contributed by atoms with Gasteiger partial charge in [0, 0.05) is 11.6 Å². The molecule has 0 aliphatic carbocycles. The van der Waals surface area contributed by atoms with E-state index in [9.17, 15) is 9.90 Å². The van der Waals surface area contributed by atoms with Crippen LogP contribution >= 0.6 is 0 Å². The van der Waals surface area contributed by atoms with Gasteiger partial charge in [0.1, 0.15) is 11.4 Å². The zero-order chi connectivity index (χ0) is 16.5. The fourth-order valence-corrected chi connectivity index (χ4v) is 2.78. The third kappa shape index (κ3) is 2.44. The molecular weight excluding hydrogens is 300 g/mol. The Hall–Kier alpha value is -3.40. The summed E-state index contributed by atoms with van der Waals surface area (Å²) >= 11 is 0. The summed E-state index contributed by atoms with van der Waals surface area (Å²) in [6, 6.07) is 20.5. The summed E-state index contributed by atoms with van der Waals surface area (Å²) in [5, 5.41) is 12.8. The van der Waals surface area contributed by atoms with Crippen LogP contribution in [0.25, 0.3) is 21.7 Å². The van der Waals surface area contributed by atoms with Crippen LogP contribution in [0.3, 0.4) is 0 Å². The van der Waals surface area contributed by atoms with Crippen molar-refractivity contribution in [2.75, 3.05) is 0 Å². The van der Waals surface area contributed by atoms with Crippen LogP contribution in [0.15, 0.2) is 76.5 Å². The van der Waals surface area contributed by atoms with Gasteiger partial charge >= 0.3 is 0 Å². The van der Waals surface area contributed by atoms with Crippen LogP contribution in [-0.2, 0) is 0 Å². The number of aromatic nitrogens is 1. The van der Waals surface area contributed by atoms with Crippen LogP contribution in [-0.4, -0.2) is 16.3 Å². The monoisotopic (exact) mass is 314 g/mol. The maximum absolute atomic E-state index is 12.4. The van der Waals surface area contributed by atoms with Gasteiger partial charge in [0.2, 0.25) is 0 Å². The van der Waals surface area contributed by atoms with Crippen molar-refractivity contribution >= 4 is 33.6 Å². The van der Waals surface area contributed by atoms with Crippen molar-refractivity contribution in [1.82, 2.24) is 4.98 Å². The highest BCUT2D eigenvalue weighted by molar-refractivity contribution is 6.06. The maximum Gasteiger partial charge on any atom is 0.257 e. The van der Waals surface area contributed by atoms with Crippen molar-refractivity contribution in [3.63, 3.8) is 0 Å². The van der Waals surface area contributed by atoms with E-state index in [1.165, 1.54) is 6.21 Å². The lowest BCUT2D eigenvalue weighted by atomic mass is 10.1. The largest absolute Gasteiger partial charge is 0.506 e. The lowest BCUT2D eigenvalue weighted by molar-refractivity contribution is 0.477. The van der Waals surface area contributed by atoms with Crippen LogP contribution in [0.4, 0.5) is 5.69 Å². The van der Waals surface area contributed by atoms with Crippen LogP contribution in [0, 0.1) is 0 Å². The average Bonchev–Trinajstić information content (AvgIpc) is 2.61. The summed E-state index contributed by atoms with van der Waals surface area (Å²) < 4.78 is 0. The first kappa shape index (κ1) is 14.2. The number of hydrogen-bond acceptors (Lipinski definition) is 3. The van der Waals surface area contributed by atoms with Crippen molar-refractivity contribution in [3.05, 3.63) is 82.6 Å². The average molecular weight is 314 g/mol. The number of para-hydroxylation sites is 2. The summed E-state index contributed by atoms with van der Waals surface area (Å²) in [6.45, 7) is 0. The number of pyridine rings is 1. The fourth-order valence-electron chi connectivity index (χ4n) is 2.78. The van der Waals surface area contributed by atoms with E-state index in [0.29, 0.717) is 11.3 Å². The fraction of sp³-hybridized carbons (Fsp3) is 0. The predicted molar refractivity (Wildman–Crippen MR) is 97.4 cm³/mol. The third-order valence-electron chi connectivity index (χ3n) is 4.00. The highest BCUT2D eigenvalue weighted by Gasteiger charge is 2.05. The van der Waals surface area contributed by atoms with E-state index >= 15 is 0 Å². The van der Waals surface area contributed by atoms with E-state index in [2.05, 4.69) is 9.98 Å². The Balaban J connectivity index is 1.86. The number of aromatic hydroxyl groups is 1. The van der Waals surface area contributed by atoms with Gasteiger partial charge in [-0.2, -0.15) is 0 Å². The lowest BCUT2D eigenvalue weighted by Crippen LogP contribution is -2.11. The normalized spacial score (nSPS) is 11.5. The first-order valence-electron chi connectivity index (χ1n) is 7.59. The van der Waals surface area contributed by atoms with Crippen LogP contribution in [0.5, 0.6) is 5.75 Å². The molecule has 0 atom stereocenters. The van der Waals surface area contributed by atoms with Gasteiger partial charge in [-0.1, -0.05) is 48.5 Å². The van der Waals surface area contributed by atoms with E-state index in [0.717, 1.165) is 21.7 Å². The molecule has 1 heterocycles. The summed E-state index contributed by atoms with van der Waals surface area (Å²) in [5.74, 6) is 0.0805. The molecule has 0 aliphatic heterocycles. The van der Waals surface area contributed by atoms with Crippen LogP contribution in [0.1, 0.15) is 5.56 Å². The second-order valence-electron chi connectivity index (χ2n) is 5.55. The van der Waals surface area contributed by atoms with E-state index in [1.54, 1.807) is 24.3 Å². The zero-order valence-electron chi connectivity index (χ0n) is 12.7. The molecular formula is C20H14N2O2. The third-order valence-corrected chi connectivity index (χ3v) is 4.00. The molecule has 0 fully saturated rings. The molecule has 4 heteroatoms. The number of nitrogens with zero attached hydrogens (tertiary/aromatic N) is 1. The number of aliphatic imine (C=N–C) groups is 1. The van der Waals surface area contributed by atoms with Gasteiger partial charge in [-0.05, 0) is 29.0 Å². The number of fused-ring (bicyclic) bond motifs is 3. The van der Waals surface area contributed by atoms with Crippen molar-refractivity contribution in [3.8, 4) is 5.75 Å². The number of rotatable bonds is 2. The van der Waals surface area contributed by atoms with Gasteiger partial charge < -0.3 is 10.1 Å². The predicted octanol–water partition coefficient (Wildman–Crippen LogP) is 4.14. The minimum absolute atomic E-state index is 0.0805. The number of phenols is 1. The molecule has 0 saturated carbocycles. The summed E-state index contributed by atoms with van der Waals surface area (Å²) in [4.78, 5) is 19.5. The van der Waals surface area contributed by atoms with Crippen molar-refractivity contribution in [2.24, 2.45) is 4.99 Å². The van der Waals surface area contributed by atoms with E-state index < -0.39 is 0 Å². The number of nitrogens with one attached hydrogen (secondary N) is 1. The standard InChI is InChI=1S/C20H14N2O2/c23-18-8-4-3-7-17(18)21-12-15-11-14-10-9-13-5-1-2-6-16(13)19(14)22-20(15)24/h1-12,23H,(H,22,24). The van der Waals surface area contributed by atoms with Gasteiger partial charge in [-0.25, -0.2) is 0 Å². The Morgan fingerprint density at radius 2 is 1.67 bits per heavy atom. The Morgan fingerprint density at radius 3 is 2.54 bits per heavy atom. The van der Waals surface area contributed by atoms with E-state index in [4.69, 9.17) is 0 Å². The SMILES string of the molecule is O=c1[nH]c2c(ccc3ccccc32)cc1C=Nc1ccccc1O. The number of aromatic amines is 1. The molecule has 3 aromatic carbocycles. The van der Waals surface area contributed by atoms with Crippen LogP contribution < -0.4 is 5.56 Å². The van der Waals surface area contributed by atoms with Gasteiger partial charge in [-0.15, -0.1) is 0 Å². The quantitative estimate of drug-likeness (QED) is 0.431. The molecule has 24 heavy (non-hydrogen) atoms. The maximum atomic E-state index is 12.4. The molecule has 1 aromatic heterocycles. The molecule has 116 valence electrons. The molecule has 2 N–H and O–H groups in total. The molecule has 0 amide bonds. The Labute approximate surface area is 137 Å². The summed E-state index contributed by atoms with van der Waals surface area (Å²) in [6.07, 6.45) is 1.47. The highest BCUT2D eigenvalue weighted by atomic mass is 16.3. The molecule has 0 saturated heterocycles. The zero-order valence-corrected chi connectivity index (χ0v) is 12.7. The van der Waals surface area contributed by atoms with Gasteiger partial charge in [0.25, 0.3) is 5.56 Å². The van der Waals surface area contributed by atoms with Crippen molar-refractivity contribution in [1.29, 1.82) is 0 Å². The Morgan fingerprint density at radius 1 is 0.917 bits per heavy atom. The molecule has 4 aromatic rings. The summed E-state index contributed by atoms with van der Waals surface area (Å²) in [7, 11) is 0. The Kier molecular flexibility index (Phi) is 3.35. The first-order valence-corrected chi connectivity index (χ1v) is 7.59. The molecule has 0 unspecified atom stereocenters. The van der Waals surface area contributed by atoms with Gasteiger partial charge in [0.15, 0.2) is 0 Å². The highest BCUT2D eigenvalue weighted by Crippen LogP contribution is 2.25. The topological polar surface area (TPSA) is 65.5 Å². The first-order chi connectivity index (χ1) is 11.7. The number of hydrogen-bond donors (Lipinski definition) is 2. The number of H-pyrrole nitrogens is 1. The van der Waals surface area contributed by atoms with Gasteiger partial charge in [-0.3, -0.25) is 9.79 Å².